The summed E-state index contributed by atoms with van der Waals surface area (Å²) in [6, 6.07) is 6.54. The molecule has 1 heterocycles. The smallest absolute Gasteiger partial charge is 0.0657 e. The van der Waals surface area contributed by atoms with Crippen LogP contribution in [0, 0.1) is 0 Å². The van der Waals surface area contributed by atoms with Crippen molar-refractivity contribution in [3.05, 3.63) is 29.3 Å². The Labute approximate surface area is 108 Å². The van der Waals surface area contributed by atoms with E-state index in [0.717, 1.165) is 31.4 Å². The van der Waals surface area contributed by atoms with E-state index in [0.29, 0.717) is 0 Å². The lowest BCUT2D eigenvalue weighted by Crippen LogP contribution is -1.98. The topological polar surface area (TPSA) is 37.1 Å². The number of aryl methyl sites for hydroxylation is 2. The lowest BCUT2D eigenvalue weighted by atomic mass is 10.0. The molecule has 1 aliphatic heterocycles. The van der Waals surface area contributed by atoms with E-state index in [2.05, 4.69) is 40.3 Å². The van der Waals surface area contributed by atoms with Crippen LogP contribution in [-0.4, -0.2) is 18.1 Å². The molecule has 0 aliphatic carbocycles. The third-order valence-corrected chi connectivity index (χ3v) is 3.10. The SMILES string of the molecule is C/C=N\c1ccc(CCC2=NN=CC2)cc1CC. The van der Waals surface area contributed by atoms with Crippen LogP contribution in [0.1, 0.15) is 37.8 Å². The molecule has 0 atom stereocenters. The van der Waals surface area contributed by atoms with E-state index >= 15 is 0 Å². The van der Waals surface area contributed by atoms with Crippen LogP contribution >= 0.6 is 0 Å². The standard InChI is InChI=1S/C15H19N3/c1-3-13-11-12(6-8-15(13)16-4-2)5-7-14-9-10-17-18-14/h4,6,8,10-11H,3,5,7,9H2,1-2H3/b16-4-. The third-order valence-electron chi connectivity index (χ3n) is 3.10. The van der Waals surface area contributed by atoms with Crippen molar-refractivity contribution in [2.45, 2.75) is 39.5 Å². The number of rotatable bonds is 5. The summed E-state index contributed by atoms with van der Waals surface area (Å²) in [5.74, 6) is 0. The molecule has 0 bridgehead atoms. The summed E-state index contributed by atoms with van der Waals surface area (Å²) in [7, 11) is 0. The summed E-state index contributed by atoms with van der Waals surface area (Å²) in [5, 5.41) is 8.00. The van der Waals surface area contributed by atoms with E-state index < -0.39 is 0 Å². The first kappa shape index (κ1) is 12.7. The minimum Gasteiger partial charge on any atom is -0.261 e. The fourth-order valence-corrected chi connectivity index (χ4v) is 2.09. The summed E-state index contributed by atoms with van der Waals surface area (Å²) in [5.41, 5.74) is 4.95. The second-order valence-corrected chi connectivity index (χ2v) is 4.37. The molecule has 0 spiro atoms. The molecule has 1 aliphatic rings. The maximum absolute atomic E-state index is 4.39. The van der Waals surface area contributed by atoms with Gasteiger partial charge in [-0.05, 0) is 43.4 Å². The largest absolute Gasteiger partial charge is 0.261 e. The number of nitrogens with zero attached hydrogens (tertiary/aromatic N) is 3. The highest BCUT2D eigenvalue weighted by Gasteiger charge is 2.05. The second-order valence-electron chi connectivity index (χ2n) is 4.37. The molecule has 1 aromatic rings. The molecule has 18 heavy (non-hydrogen) atoms. The highest BCUT2D eigenvalue weighted by molar-refractivity contribution is 5.98. The van der Waals surface area contributed by atoms with Crippen LogP contribution in [0.25, 0.3) is 0 Å². The average Bonchev–Trinajstić information content (AvgIpc) is 2.91. The molecular formula is C15H19N3. The van der Waals surface area contributed by atoms with Gasteiger partial charge in [-0.1, -0.05) is 19.1 Å². The molecule has 0 unspecified atom stereocenters. The summed E-state index contributed by atoms with van der Waals surface area (Å²) in [6.07, 6.45) is 7.68. The zero-order valence-electron chi connectivity index (χ0n) is 11.1. The Kier molecular flexibility index (Phi) is 4.40. The van der Waals surface area contributed by atoms with Crippen molar-refractivity contribution in [3.8, 4) is 0 Å². The van der Waals surface area contributed by atoms with Crippen molar-refractivity contribution >= 4 is 23.8 Å². The van der Waals surface area contributed by atoms with E-state index in [1.807, 2.05) is 19.4 Å². The van der Waals surface area contributed by atoms with Crippen molar-refractivity contribution < 1.29 is 0 Å². The Morgan fingerprint density at radius 1 is 1.33 bits per heavy atom. The fraction of sp³-hybridized carbons (Fsp3) is 0.400. The molecule has 0 amide bonds. The van der Waals surface area contributed by atoms with E-state index in [1.54, 1.807) is 0 Å². The minimum absolute atomic E-state index is 0.916. The predicted molar refractivity (Wildman–Crippen MR) is 78.5 cm³/mol. The lowest BCUT2D eigenvalue weighted by molar-refractivity contribution is 1.01. The summed E-state index contributed by atoms with van der Waals surface area (Å²) in [6.45, 7) is 4.12. The zero-order valence-corrected chi connectivity index (χ0v) is 11.1. The predicted octanol–water partition coefficient (Wildman–Crippen LogP) is 3.73. The van der Waals surface area contributed by atoms with Crippen LogP contribution in [0.3, 0.4) is 0 Å². The molecule has 1 aromatic carbocycles. The first-order chi connectivity index (χ1) is 8.83. The molecule has 0 aromatic heterocycles. The third kappa shape index (κ3) is 3.13. The Hall–Kier alpha value is -1.77. The quantitative estimate of drug-likeness (QED) is 0.704. The molecule has 0 fully saturated rings. The molecule has 2 rings (SSSR count). The van der Waals surface area contributed by atoms with Crippen molar-refractivity contribution in [1.29, 1.82) is 0 Å². The summed E-state index contributed by atoms with van der Waals surface area (Å²) >= 11 is 0. The van der Waals surface area contributed by atoms with Crippen molar-refractivity contribution in [3.63, 3.8) is 0 Å². The van der Waals surface area contributed by atoms with E-state index in [4.69, 9.17) is 0 Å². The molecule has 0 saturated heterocycles. The second kappa shape index (κ2) is 6.24. The minimum atomic E-state index is 0.916. The molecule has 3 heteroatoms. The molecule has 0 saturated carbocycles. The molecule has 0 N–H and O–H groups in total. The summed E-state index contributed by atoms with van der Waals surface area (Å²) in [4.78, 5) is 4.39. The maximum atomic E-state index is 4.39. The van der Waals surface area contributed by atoms with Gasteiger partial charge >= 0.3 is 0 Å². The van der Waals surface area contributed by atoms with Gasteiger partial charge in [0.15, 0.2) is 0 Å². The number of hydrogen-bond donors (Lipinski definition) is 0. The lowest BCUT2D eigenvalue weighted by Gasteiger charge is -2.07. The highest BCUT2D eigenvalue weighted by atomic mass is 15.2. The maximum Gasteiger partial charge on any atom is 0.0657 e. The Bertz CT molecular complexity index is 498. The van der Waals surface area contributed by atoms with Gasteiger partial charge in [0.1, 0.15) is 0 Å². The Morgan fingerprint density at radius 2 is 2.22 bits per heavy atom. The number of hydrogen-bond acceptors (Lipinski definition) is 3. The van der Waals surface area contributed by atoms with Gasteiger partial charge in [-0.15, -0.1) is 0 Å². The van der Waals surface area contributed by atoms with Crippen molar-refractivity contribution in [1.82, 2.24) is 0 Å². The first-order valence-electron chi connectivity index (χ1n) is 6.51. The van der Waals surface area contributed by atoms with Gasteiger partial charge in [-0.25, -0.2) is 0 Å². The van der Waals surface area contributed by atoms with E-state index in [1.165, 1.54) is 16.8 Å². The average molecular weight is 241 g/mol. The van der Waals surface area contributed by atoms with Gasteiger partial charge in [0.25, 0.3) is 0 Å². The molecular weight excluding hydrogens is 222 g/mol. The van der Waals surface area contributed by atoms with Gasteiger partial charge in [0, 0.05) is 24.6 Å². The van der Waals surface area contributed by atoms with Gasteiger partial charge in [-0.2, -0.15) is 10.2 Å². The van der Waals surface area contributed by atoms with E-state index in [9.17, 15) is 0 Å². The van der Waals surface area contributed by atoms with Crippen LogP contribution in [0.2, 0.25) is 0 Å². The van der Waals surface area contributed by atoms with Crippen molar-refractivity contribution in [2.24, 2.45) is 15.2 Å². The number of aliphatic imine (C=N–C) groups is 1. The monoisotopic (exact) mass is 241 g/mol. The van der Waals surface area contributed by atoms with Gasteiger partial charge in [0.05, 0.1) is 5.69 Å². The molecule has 0 radical (unpaired) electrons. The van der Waals surface area contributed by atoms with Crippen LogP contribution in [0.4, 0.5) is 5.69 Å². The van der Waals surface area contributed by atoms with Gasteiger partial charge < -0.3 is 0 Å². The van der Waals surface area contributed by atoms with Gasteiger partial charge in [0.2, 0.25) is 0 Å². The van der Waals surface area contributed by atoms with Crippen LogP contribution in [0.15, 0.2) is 33.4 Å². The van der Waals surface area contributed by atoms with Gasteiger partial charge in [-0.3, -0.25) is 4.99 Å². The fourth-order valence-electron chi connectivity index (χ4n) is 2.09. The number of benzene rings is 1. The molecule has 94 valence electrons. The normalized spacial score (nSPS) is 14.4. The molecule has 3 nitrogen and oxygen atoms in total. The first-order valence-corrected chi connectivity index (χ1v) is 6.51. The van der Waals surface area contributed by atoms with Crippen LogP contribution in [0.5, 0.6) is 0 Å². The van der Waals surface area contributed by atoms with Crippen molar-refractivity contribution in [2.75, 3.05) is 0 Å². The van der Waals surface area contributed by atoms with E-state index in [-0.39, 0.29) is 0 Å². The zero-order chi connectivity index (χ0) is 12.8. The Balaban J connectivity index is 2.04. The highest BCUT2D eigenvalue weighted by Crippen LogP contribution is 2.22. The van der Waals surface area contributed by atoms with Crippen LogP contribution in [-0.2, 0) is 12.8 Å². The van der Waals surface area contributed by atoms with Crippen LogP contribution < -0.4 is 0 Å². The Morgan fingerprint density at radius 3 is 2.89 bits per heavy atom. The summed E-state index contributed by atoms with van der Waals surface area (Å²) < 4.78 is 0.